The molecule has 1 aromatic rings. The van der Waals surface area contributed by atoms with Gasteiger partial charge in [-0.15, -0.1) is 0 Å². The summed E-state index contributed by atoms with van der Waals surface area (Å²) in [6, 6.07) is 0. The molecule has 1 N–H and O–H groups in total. The SMILES string of the molecule is CC(=O)c1c(C)n[nH]c1C. The molecule has 54 valence electrons. The van der Waals surface area contributed by atoms with Gasteiger partial charge >= 0.3 is 0 Å². The standard InChI is InChI=1S/C7H10N2O/c1-4-7(6(3)10)5(2)9-8-4/h1-3H3,(H,8,9). The molecule has 0 atom stereocenters. The molecule has 3 nitrogen and oxygen atoms in total. The van der Waals surface area contributed by atoms with Gasteiger partial charge in [0.15, 0.2) is 5.78 Å². The lowest BCUT2D eigenvalue weighted by atomic mass is 10.1. The first-order chi connectivity index (χ1) is 4.63. The molecule has 3 heteroatoms. The molecule has 0 fully saturated rings. The summed E-state index contributed by atoms with van der Waals surface area (Å²) in [7, 11) is 0. The monoisotopic (exact) mass is 138 g/mol. The molecule has 0 unspecified atom stereocenters. The van der Waals surface area contributed by atoms with E-state index in [9.17, 15) is 4.79 Å². The third-order valence-electron chi connectivity index (χ3n) is 1.48. The fourth-order valence-electron chi connectivity index (χ4n) is 1.07. The first kappa shape index (κ1) is 6.99. The maximum Gasteiger partial charge on any atom is 0.163 e. The van der Waals surface area contributed by atoms with Gasteiger partial charge in [0.1, 0.15) is 0 Å². The van der Waals surface area contributed by atoms with Crippen LogP contribution in [-0.2, 0) is 0 Å². The molecule has 0 spiro atoms. The van der Waals surface area contributed by atoms with Gasteiger partial charge in [0.05, 0.1) is 11.3 Å². The van der Waals surface area contributed by atoms with Gasteiger partial charge < -0.3 is 0 Å². The number of hydrogen-bond donors (Lipinski definition) is 1. The summed E-state index contributed by atoms with van der Waals surface area (Å²) in [4.78, 5) is 10.9. The highest BCUT2D eigenvalue weighted by atomic mass is 16.1. The van der Waals surface area contributed by atoms with Gasteiger partial charge in [0, 0.05) is 5.69 Å². The van der Waals surface area contributed by atoms with Gasteiger partial charge in [-0.2, -0.15) is 5.10 Å². The highest BCUT2D eigenvalue weighted by Gasteiger charge is 2.09. The Morgan fingerprint density at radius 3 is 2.30 bits per heavy atom. The summed E-state index contributed by atoms with van der Waals surface area (Å²) < 4.78 is 0. The summed E-state index contributed by atoms with van der Waals surface area (Å²) in [6.45, 7) is 5.21. The summed E-state index contributed by atoms with van der Waals surface area (Å²) >= 11 is 0. The molecule has 0 saturated carbocycles. The zero-order valence-corrected chi connectivity index (χ0v) is 6.36. The molecule has 0 aromatic carbocycles. The van der Waals surface area contributed by atoms with Crippen LogP contribution in [0.2, 0.25) is 0 Å². The van der Waals surface area contributed by atoms with Crippen molar-refractivity contribution in [3.05, 3.63) is 17.0 Å². The number of Topliss-reactive ketones (excluding diaryl/α,β-unsaturated/α-hetero) is 1. The number of nitrogens with one attached hydrogen (secondary N) is 1. The Morgan fingerprint density at radius 1 is 1.50 bits per heavy atom. The Bertz CT molecular complexity index is 243. The van der Waals surface area contributed by atoms with Crippen LogP contribution in [-0.4, -0.2) is 16.0 Å². The number of ketones is 1. The number of hydrogen-bond acceptors (Lipinski definition) is 2. The van der Waals surface area contributed by atoms with Gasteiger partial charge in [-0.1, -0.05) is 0 Å². The summed E-state index contributed by atoms with van der Waals surface area (Å²) in [5.74, 6) is 0.0729. The zero-order chi connectivity index (χ0) is 7.72. The van der Waals surface area contributed by atoms with Crippen molar-refractivity contribution >= 4 is 5.78 Å². The zero-order valence-electron chi connectivity index (χ0n) is 6.36. The summed E-state index contributed by atoms with van der Waals surface area (Å²) in [5, 5.41) is 6.64. The molecule has 0 saturated heterocycles. The number of aryl methyl sites for hydroxylation is 2. The predicted octanol–water partition coefficient (Wildman–Crippen LogP) is 1.23. The minimum atomic E-state index is 0.0729. The third kappa shape index (κ3) is 0.943. The number of H-pyrrole nitrogens is 1. The molecule has 0 amide bonds. The van der Waals surface area contributed by atoms with Crippen molar-refractivity contribution < 1.29 is 4.79 Å². The Morgan fingerprint density at radius 2 is 2.10 bits per heavy atom. The van der Waals surface area contributed by atoms with Crippen LogP contribution in [0.1, 0.15) is 28.7 Å². The van der Waals surface area contributed by atoms with E-state index in [2.05, 4.69) is 10.2 Å². The second-order valence-electron chi connectivity index (χ2n) is 2.37. The van der Waals surface area contributed by atoms with Crippen LogP contribution in [0.5, 0.6) is 0 Å². The van der Waals surface area contributed by atoms with Crippen LogP contribution in [0.4, 0.5) is 0 Å². The molecule has 1 aromatic heterocycles. The van der Waals surface area contributed by atoms with Gasteiger partial charge in [-0.25, -0.2) is 0 Å². The average Bonchev–Trinajstić information content (AvgIpc) is 2.11. The van der Waals surface area contributed by atoms with Crippen LogP contribution >= 0.6 is 0 Å². The minimum absolute atomic E-state index is 0.0729. The lowest BCUT2D eigenvalue weighted by Crippen LogP contribution is -1.94. The largest absolute Gasteiger partial charge is 0.294 e. The smallest absolute Gasteiger partial charge is 0.163 e. The van der Waals surface area contributed by atoms with E-state index in [-0.39, 0.29) is 5.78 Å². The van der Waals surface area contributed by atoms with Crippen LogP contribution in [0.25, 0.3) is 0 Å². The van der Waals surface area contributed by atoms with Crippen LogP contribution in [0.3, 0.4) is 0 Å². The summed E-state index contributed by atoms with van der Waals surface area (Å²) in [6.07, 6.45) is 0. The lowest BCUT2D eigenvalue weighted by Gasteiger charge is -1.90. The number of carbonyl (C=O) groups is 1. The highest BCUT2D eigenvalue weighted by Crippen LogP contribution is 2.08. The van der Waals surface area contributed by atoms with E-state index in [4.69, 9.17) is 0 Å². The predicted molar refractivity (Wildman–Crippen MR) is 38.1 cm³/mol. The first-order valence-electron chi connectivity index (χ1n) is 3.15. The van der Waals surface area contributed by atoms with E-state index < -0.39 is 0 Å². The molecule has 0 aliphatic carbocycles. The molecule has 0 radical (unpaired) electrons. The van der Waals surface area contributed by atoms with Crippen molar-refractivity contribution in [2.75, 3.05) is 0 Å². The molecule has 0 bridgehead atoms. The van der Waals surface area contributed by atoms with E-state index in [0.717, 1.165) is 17.0 Å². The summed E-state index contributed by atoms with van der Waals surface area (Å²) in [5.41, 5.74) is 2.36. The van der Waals surface area contributed by atoms with Gasteiger partial charge in [0.2, 0.25) is 0 Å². The highest BCUT2D eigenvalue weighted by molar-refractivity contribution is 5.96. The van der Waals surface area contributed by atoms with Crippen molar-refractivity contribution in [3.8, 4) is 0 Å². The molecule has 0 aliphatic heterocycles. The van der Waals surface area contributed by atoms with E-state index >= 15 is 0 Å². The van der Waals surface area contributed by atoms with E-state index in [0.29, 0.717) is 0 Å². The van der Waals surface area contributed by atoms with Crippen LogP contribution < -0.4 is 0 Å². The number of nitrogens with zero attached hydrogens (tertiary/aromatic N) is 1. The molecule has 0 aliphatic rings. The lowest BCUT2D eigenvalue weighted by molar-refractivity contribution is 0.101. The van der Waals surface area contributed by atoms with Crippen molar-refractivity contribution in [2.24, 2.45) is 0 Å². The molecular formula is C7H10N2O. The topological polar surface area (TPSA) is 45.8 Å². The molecule has 10 heavy (non-hydrogen) atoms. The Labute approximate surface area is 59.4 Å². The number of rotatable bonds is 1. The maximum absolute atomic E-state index is 10.9. The molecule has 1 rings (SSSR count). The van der Waals surface area contributed by atoms with Crippen LogP contribution in [0, 0.1) is 13.8 Å². The third-order valence-corrected chi connectivity index (χ3v) is 1.48. The maximum atomic E-state index is 10.9. The van der Waals surface area contributed by atoms with Crippen molar-refractivity contribution in [3.63, 3.8) is 0 Å². The minimum Gasteiger partial charge on any atom is -0.294 e. The fraction of sp³-hybridized carbons (Fsp3) is 0.429. The second-order valence-corrected chi connectivity index (χ2v) is 2.37. The fourth-order valence-corrected chi connectivity index (χ4v) is 1.07. The van der Waals surface area contributed by atoms with Crippen molar-refractivity contribution in [1.82, 2.24) is 10.2 Å². The number of aromatic amines is 1. The van der Waals surface area contributed by atoms with Gasteiger partial charge in [-0.3, -0.25) is 9.89 Å². The quantitative estimate of drug-likeness (QED) is 0.593. The average molecular weight is 138 g/mol. The van der Waals surface area contributed by atoms with Crippen molar-refractivity contribution in [2.45, 2.75) is 20.8 Å². The Kier molecular flexibility index (Phi) is 1.57. The first-order valence-corrected chi connectivity index (χ1v) is 3.15. The normalized spacial score (nSPS) is 9.90. The van der Waals surface area contributed by atoms with E-state index in [1.807, 2.05) is 13.8 Å². The second kappa shape index (κ2) is 2.25. The van der Waals surface area contributed by atoms with Gasteiger partial charge in [-0.05, 0) is 20.8 Å². The van der Waals surface area contributed by atoms with Crippen molar-refractivity contribution in [1.29, 1.82) is 0 Å². The van der Waals surface area contributed by atoms with Gasteiger partial charge in [0.25, 0.3) is 0 Å². The Balaban J connectivity index is 3.23. The van der Waals surface area contributed by atoms with E-state index in [1.54, 1.807) is 6.92 Å². The number of carbonyl (C=O) groups excluding carboxylic acids is 1. The molecule has 1 heterocycles. The Hall–Kier alpha value is -1.12. The number of aromatic nitrogens is 2. The molecular weight excluding hydrogens is 128 g/mol. The van der Waals surface area contributed by atoms with E-state index in [1.165, 1.54) is 0 Å². The van der Waals surface area contributed by atoms with Crippen LogP contribution in [0.15, 0.2) is 0 Å².